The molecule has 4 amide bonds. The Balaban J connectivity index is -0.000000135. The van der Waals surface area contributed by atoms with Crippen LogP contribution in [0.25, 0.3) is 0 Å². The monoisotopic (exact) mass is 603 g/mol. The molecule has 35 heavy (non-hydrogen) atoms. The number of likely N-dealkylation sites (N-methyl/N-ethyl adjacent to an activating group) is 1. The summed E-state index contributed by atoms with van der Waals surface area (Å²) in [6.07, 6.45) is 4.33. The third-order valence-corrected chi connectivity index (χ3v) is 2.87. The van der Waals surface area contributed by atoms with Crippen molar-refractivity contribution in [2.24, 2.45) is 23.1 Å². The molecule has 10 N–H and O–H groups in total. The topological polar surface area (TPSA) is 194 Å². The average Bonchev–Trinajstić information content (AvgIpc) is 2.78. The second kappa shape index (κ2) is 40.0. The maximum atomic E-state index is 11.9. The van der Waals surface area contributed by atoms with Crippen molar-refractivity contribution in [3.05, 3.63) is 0 Å². The van der Waals surface area contributed by atoms with Crippen LogP contribution in [0.5, 0.6) is 0 Å². The third-order valence-electron chi connectivity index (χ3n) is 2.87. The molecule has 0 saturated heterocycles. The van der Waals surface area contributed by atoms with Crippen LogP contribution in [0.3, 0.4) is 0 Å². The van der Waals surface area contributed by atoms with Crippen molar-refractivity contribution in [2.75, 3.05) is 46.0 Å². The number of hydrogen-bond acceptors (Lipinski definition) is 8. The molecule has 0 aliphatic rings. The Morgan fingerprint density at radius 3 is 1.60 bits per heavy atom. The van der Waals surface area contributed by atoms with Gasteiger partial charge in [0, 0.05) is 22.4 Å². The molecule has 1 atom stereocenters. The van der Waals surface area contributed by atoms with Gasteiger partial charge in [0.2, 0.25) is 23.6 Å². The van der Waals surface area contributed by atoms with Crippen molar-refractivity contribution < 1.29 is 41.6 Å². The Labute approximate surface area is 234 Å². The summed E-state index contributed by atoms with van der Waals surface area (Å²) in [4.78, 5) is 45.6. The second-order valence-corrected chi connectivity index (χ2v) is 7.14. The van der Waals surface area contributed by atoms with Crippen molar-refractivity contribution in [3.63, 3.8) is 0 Å². The van der Waals surface area contributed by atoms with E-state index in [4.69, 9.17) is 17.2 Å². The minimum absolute atomic E-state index is 0. The van der Waals surface area contributed by atoms with Gasteiger partial charge in [-0.25, -0.2) is 0 Å². The predicted octanol–water partition coefficient (Wildman–Crippen LogP) is -0.649. The molecular formula is C22H52N7NbO4S-. The van der Waals surface area contributed by atoms with Crippen LogP contribution in [0, 0.1) is 5.92 Å². The molecule has 0 spiro atoms. The molecule has 0 aliphatic carbocycles. The van der Waals surface area contributed by atoms with Crippen LogP contribution in [0.4, 0.5) is 0 Å². The van der Waals surface area contributed by atoms with E-state index in [2.05, 4.69) is 54.7 Å². The van der Waals surface area contributed by atoms with Gasteiger partial charge in [-0.3, -0.25) is 19.2 Å². The molecule has 0 bridgehead atoms. The number of primary amides is 1. The number of rotatable bonds is 11. The van der Waals surface area contributed by atoms with Crippen LogP contribution >= 0.6 is 0 Å². The van der Waals surface area contributed by atoms with Crippen LogP contribution in [0.2, 0.25) is 0 Å². The van der Waals surface area contributed by atoms with Gasteiger partial charge in [-0.05, 0) is 38.9 Å². The van der Waals surface area contributed by atoms with E-state index in [0.717, 1.165) is 19.5 Å². The molecule has 13 heteroatoms. The summed E-state index contributed by atoms with van der Waals surface area (Å²) in [6, 6.07) is -0.784. The number of carbonyl (C=O) groups excluding carboxylic acids is 4. The third kappa shape index (κ3) is 50.6. The van der Waals surface area contributed by atoms with Crippen molar-refractivity contribution in [1.82, 2.24) is 21.3 Å². The summed E-state index contributed by atoms with van der Waals surface area (Å²) >= 11 is 4.08. The number of hydrogen-bond donors (Lipinski definition) is 7. The maximum Gasteiger partial charge on any atom is 0.243 e. The van der Waals surface area contributed by atoms with Crippen molar-refractivity contribution >= 4 is 36.3 Å². The first-order valence-electron chi connectivity index (χ1n) is 11.6. The van der Waals surface area contributed by atoms with Crippen molar-refractivity contribution in [3.8, 4) is 0 Å². The minimum atomic E-state index is -0.784. The van der Waals surface area contributed by atoms with Gasteiger partial charge < -0.3 is 51.1 Å². The van der Waals surface area contributed by atoms with E-state index >= 15 is 0 Å². The van der Waals surface area contributed by atoms with Gasteiger partial charge in [0.05, 0.1) is 19.6 Å². The Bertz CT molecular complexity index is 485. The smallest absolute Gasteiger partial charge is 0.243 e. The fourth-order valence-corrected chi connectivity index (χ4v) is 1.65. The summed E-state index contributed by atoms with van der Waals surface area (Å²) < 4.78 is 0. The van der Waals surface area contributed by atoms with Gasteiger partial charge in [-0.2, -0.15) is 6.26 Å². The van der Waals surface area contributed by atoms with Crippen LogP contribution in [0.1, 0.15) is 60.8 Å². The van der Waals surface area contributed by atoms with E-state index in [1.54, 1.807) is 13.3 Å². The van der Waals surface area contributed by atoms with E-state index in [-0.39, 0.29) is 53.8 Å². The predicted molar refractivity (Wildman–Crippen MR) is 144 cm³/mol. The van der Waals surface area contributed by atoms with Crippen LogP contribution in [-0.2, 0) is 54.2 Å². The number of carbonyl (C=O) groups is 4. The molecule has 0 aromatic carbocycles. The first kappa shape index (κ1) is 47.1. The fraction of sp³-hybridized carbons (Fsp3) is 0.818. The summed E-state index contributed by atoms with van der Waals surface area (Å²) in [6.45, 7) is 13.2. The fourth-order valence-electron chi connectivity index (χ4n) is 1.65. The molecule has 11 nitrogen and oxygen atoms in total. The first-order valence-corrected chi connectivity index (χ1v) is 12.4. The Morgan fingerprint density at radius 1 is 0.857 bits per heavy atom. The maximum absolute atomic E-state index is 11.9. The molecule has 1 radical (unpaired) electrons. The second-order valence-electron chi connectivity index (χ2n) is 7.14. The van der Waals surface area contributed by atoms with E-state index in [1.807, 2.05) is 20.8 Å². The zero-order chi connectivity index (χ0) is 27.9. The molecule has 0 aromatic heterocycles. The molecule has 0 heterocycles. The van der Waals surface area contributed by atoms with Crippen molar-refractivity contribution in [1.29, 1.82) is 0 Å². The zero-order valence-electron chi connectivity index (χ0n) is 23.0. The van der Waals surface area contributed by atoms with Gasteiger partial charge in [-0.15, -0.1) is 0 Å². The summed E-state index contributed by atoms with van der Waals surface area (Å²) in [5.41, 5.74) is 14.8. The zero-order valence-corrected chi connectivity index (χ0v) is 26.0. The van der Waals surface area contributed by atoms with E-state index in [9.17, 15) is 19.2 Å². The first-order chi connectivity index (χ1) is 16.0. The van der Waals surface area contributed by atoms with Gasteiger partial charge in [-0.1, -0.05) is 48.0 Å². The largest absolute Gasteiger partial charge is 0.796 e. The van der Waals surface area contributed by atoms with Gasteiger partial charge in [0.1, 0.15) is 6.04 Å². The normalized spacial score (nSPS) is 9.37. The van der Waals surface area contributed by atoms with Crippen LogP contribution in [-0.4, -0.2) is 75.7 Å². The standard InChI is InChI=1S/C13H25N5O4.C3H9N.C3H8.C2H7N.CH4S.Nb/c1-8(2)4-9(13(22)17-5-10(14)19)18-12(21)7-16-11(20)6-15-3;1-2-3-4;1-3-2;1-2-3;1-2;/h8-9,15H,4-7H2,1-3H3,(H2,14,19)(H,16,20)(H,17,22)(H,18,21);2-4H2,1H3;3H2,1-2H3;2-3H2,1H3;2H,1H3;/p-1. The Morgan fingerprint density at radius 2 is 1.29 bits per heavy atom. The number of nitrogens with two attached hydrogens (primary N) is 3. The van der Waals surface area contributed by atoms with E-state index in [0.29, 0.717) is 6.42 Å². The molecular weight excluding hydrogens is 551 g/mol. The number of nitrogens with one attached hydrogen (secondary N) is 4. The minimum Gasteiger partial charge on any atom is -0.796 e. The summed E-state index contributed by atoms with van der Waals surface area (Å²) in [7, 11) is 1.61. The quantitative estimate of drug-likeness (QED) is 0.120. The van der Waals surface area contributed by atoms with E-state index < -0.39 is 23.8 Å². The molecule has 0 aliphatic heterocycles. The molecule has 0 saturated carbocycles. The van der Waals surface area contributed by atoms with Gasteiger partial charge in [0.25, 0.3) is 0 Å². The van der Waals surface area contributed by atoms with Gasteiger partial charge >= 0.3 is 0 Å². The van der Waals surface area contributed by atoms with Gasteiger partial charge in [0.15, 0.2) is 0 Å². The SMILES string of the molecule is CCC.CCCN.CCN.CNCC(=O)NCC(=O)NC(CC(C)C)C(=O)NCC(N)=O.C[S-].[Nb]. The summed E-state index contributed by atoms with van der Waals surface area (Å²) in [5, 5.41) is 9.95. The Hall–Kier alpha value is -1.15. The molecule has 211 valence electrons. The Kier molecular flexibility index (Phi) is 53.9. The van der Waals surface area contributed by atoms with Crippen LogP contribution in [0.15, 0.2) is 0 Å². The molecule has 0 fully saturated rings. The molecule has 0 aromatic rings. The average molecular weight is 604 g/mol. The van der Waals surface area contributed by atoms with Crippen LogP contribution < -0.4 is 38.5 Å². The molecule has 1 unspecified atom stereocenters. The summed E-state index contributed by atoms with van der Waals surface area (Å²) in [5.74, 6) is -1.80. The van der Waals surface area contributed by atoms with Crippen molar-refractivity contribution in [2.45, 2.75) is 66.8 Å². The van der Waals surface area contributed by atoms with E-state index in [1.165, 1.54) is 6.42 Å². The molecule has 0 rings (SSSR count). The number of amides is 4.